The first kappa shape index (κ1) is 17.8. The van der Waals surface area contributed by atoms with E-state index in [0.29, 0.717) is 32.5 Å². The van der Waals surface area contributed by atoms with Gasteiger partial charge in [0.25, 0.3) is 0 Å². The fourth-order valence-corrected chi connectivity index (χ4v) is 5.79. The van der Waals surface area contributed by atoms with Crippen molar-refractivity contribution in [1.29, 1.82) is 0 Å². The molecule has 0 unspecified atom stereocenters. The number of amides is 1. The molecule has 1 amide bonds. The van der Waals surface area contributed by atoms with Gasteiger partial charge in [0.15, 0.2) is 14.6 Å². The highest BCUT2D eigenvalue weighted by molar-refractivity contribution is 8.01. The molecule has 1 aromatic carbocycles. The Kier molecular flexibility index (Phi) is 4.95. The van der Waals surface area contributed by atoms with Gasteiger partial charge in [0, 0.05) is 22.4 Å². The Balaban J connectivity index is 1.66. The quantitative estimate of drug-likeness (QED) is 0.798. The number of hydrogen-bond donors (Lipinski definition) is 2. The third-order valence-corrected chi connectivity index (χ3v) is 8.50. The maximum atomic E-state index is 12.8. The summed E-state index contributed by atoms with van der Waals surface area (Å²) in [6.45, 7) is 1.64. The molecule has 0 atom stereocenters. The van der Waals surface area contributed by atoms with Crippen molar-refractivity contribution in [2.75, 3.05) is 25.9 Å². The molecule has 132 valence electrons. The molecule has 1 saturated heterocycles. The van der Waals surface area contributed by atoms with Gasteiger partial charge in [0.05, 0.1) is 0 Å². The Morgan fingerprint density at radius 2 is 1.79 bits per heavy atom. The van der Waals surface area contributed by atoms with Gasteiger partial charge in [-0.2, -0.15) is 0 Å². The molecule has 1 aliphatic carbocycles. The molecule has 0 spiro atoms. The Morgan fingerprint density at radius 3 is 2.33 bits per heavy atom. The summed E-state index contributed by atoms with van der Waals surface area (Å²) in [6.07, 6.45) is 3.96. The van der Waals surface area contributed by atoms with Crippen molar-refractivity contribution in [1.82, 2.24) is 10.6 Å². The summed E-state index contributed by atoms with van der Waals surface area (Å²) in [4.78, 5) is 14.0. The van der Waals surface area contributed by atoms with Gasteiger partial charge in [0.2, 0.25) is 5.91 Å². The van der Waals surface area contributed by atoms with Crippen molar-refractivity contribution >= 4 is 27.5 Å². The predicted octanol–water partition coefficient (Wildman–Crippen LogP) is 1.59. The minimum atomic E-state index is -3.45. The number of nitrogens with one attached hydrogen (secondary N) is 2. The van der Waals surface area contributed by atoms with Crippen molar-refractivity contribution in [2.45, 2.75) is 40.1 Å². The fourth-order valence-electron chi connectivity index (χ4n) is 3.19. The summed E-state index contributed by atoms with van der Waals surface area (Å²) < 4.78 is 23.3. The zero-order valence-electron chi connectivity index (χ0n) is 13.9. The normalized spacial score (nSPS) is 21.9. The summed E-state index contributed by atoms with van der Waals surface area (Å²) >= 11 is 1.78. The summed E-state index contributed by atoms with van der Waals surface area (Å²) in [5, 5.41) is 6.09. The van der Waals surface area contributed by atoms with Crippen LogP contribution in [0.15, 0.2) is 35.2 Å². The number of benzene rings is 1. The number of sulfone groups is 1. The standard InChI is InChI=1S/C17H24N2O3S2/c1-24(21,22)17(9-11-18-12-10-17)15(20)19-13-16(7-8-16)23-14-5-3-2-4-6-14/h2-6,18H,7-13H2,1H3,(H,19,20). The summed E-state index contributed by atoms with van der Waals surface area (Å²) in [6, 6.07) is 10.1. The Bertz CT molecular complexity index is 694. The zero-order valence-corrected chi connectivity index (χ0v) is 15.5. The monoisotopic (exact) mass is 368 g/mol. The number of piperidine rings is 1. The first-order valence-corrected chi connectivity index (χ1v) is 11.0. The van der Waals surface area contributed by atoms with Gasteiger partial charge in [-0.05, 0) is 50.9 Å². The molecule has 1 aromatic rings. The molecule has 0 aromatic heterocycles. The van der Waals surface area contributed by atoms with E-state index >= 15 is 0 Å². The van der Waals surface area contributed by atoms with Gasteiger partial charge in [-0.25, -0.2) is 8.42 Å². The van der Waals surface area contributed by atoms with Crippen LogP contribution < -0.4 is 10.6 Å². The van der Waals surface area contributed by atoms with Crippen LogP contribution in [0.2, 0.25) is 0 Å². The molecular weight excluding hydrogens is 344 g/mol. The van der Waals surface area contributed by atoms with Gasteiger partial charge in [-0.3, -0.25) is 4.79 Å². The minimum Gasteiger partial charge on any atom is -0.353 e. The third kappa shape index (κ3) is 3.63. The molecular formula is C17H24N2O3S2. The molecule has 1 saturated carbocycles. The van der Waals surface area contributed by atoms with Crippen LogP contribution in [-0.4, -0.2) is 49.7 Å². The molecule has 0 radical (unpaired) electrons. The van der Waals surface area contributed by atoms with E-state index in [-0.39, 0.29) is 10.7 Å². The van der Waals surface area contributed by atoms with E-state index in [1.807, 2.05) is 18.2 Å². The van der Waals surface area contributed by atoms with Crippen LogP contribution in [0.4, 0.5) is 0 Å². The topological polar surface area (TPSA) is 75.3 Å². The van der Waals surface area contributed by atoms with Gasteiger partial charge in [-0.1, -0.05) is 18.2 Å². The van der Waals surface area contributed by atoms with Gasteiger partial charge in [0.1, 0.15) is 0 Å². The summed E-state index contributed by atoms with van der Waals surface area (Å²) in [5.74, 6) is -0.327. The van der Waals surface area contributed by atoms with E-state index in [2.05, 4.69) is 22.8 Å². The highest BCUT2D eigenvalue weighted by atomic mass is 32.2. The molecule has 0 bridgehead atoms. The largest absolute Gasteiger partial charge is 0.353 e. The zero-order chi connectivity index (χ0) is 17.3. The van der Waals surface area contributed by atoms with Crippen molar-refractivity contribution < 1.29 is 13.2 Å². The maximum absolute atomic E-state index is 12.8. The highest BCUT2D eigenvalue weighted by Crippen LogP contribution is 2.51. The number of thioether (sulfide) groups is 1. The van der Waals surface area contributed by atoms with Crippen LogP contribution in [0.25, 0.3) is 0 Å². The SMILES string of the molecule is CS(=O)(=O)C1(C(=O)NCC2(Sc3ccccc3)CC2)CCNCC1. The van der Waals surface area contributed by atoms with Gasteiger partial charge in [-0.15, -0.1) is 11.8 Å². The molecule has 1 aliphatic heterocycles. The molecule has 3 rings (SSSR count). The third-order valence-electron chi connectivity index (χ3n) is 4.99. The van der Waals surface area contributed by atoms with Gasteiger partial charge < -0.3 is 10.6 Å². The fraction of sp³-hybridized carbons (Fsp3) is 0.588. The second-order valence-electron chi connectivity index (χ2n) is 6.80. The molecule has 2 N–H and O–H groups in total. The maximum Gasteiger partial charge on any atom is 0.241 e. The number of carbonyl (C=O) groups excluding carboxylic acids is 1. The number of hydrogen-bond acceptors (Lipinski definition) is 5. The summed E-state index contributed by atoms with van der Waals surface area (Å²) in [5.41, 5.74) is 0. The lowest BCUT2D eigenvalue weighted by Crippen LogP contribution is -2.58. The summed E-state index contributed by atoms with van der Waals surface area (Å²) in [7, 11) is -3.45. The lowest BCUT2D eigenvalue weighted by atomic mass is 9.96. The van der Waals surface area contributed by atoms with E-state index in [4.69, 9.17) is 0 Å². The average Bonchev–Trinajstić information content (AvgIpc) is 3.33. The second-order valence-corrected chi connectivity index (χ2v) is 10.7. The lowest BCUT2D eigenvalue weighted by Gasteiger charge is -2.34. The number of rotatable bonds is 6. The van der Waals surface area contributed by atoms with Crippen LogP contribution in [0, 0.1) is 0 Å². The van der Waals surface area contributed by atoms with E-state index in [9.17, 15) is 13.2 Å². The van der Waals surface area contributed by atoms with E-state index < -0.39 is 14.6 Å². The van der Waals surface area contributed by atoms with Crippen molar-refractivity contribution in [3.63, 3.8) is 0 Å². The molecule has 7 heteroatoms. The van der Waals surface area contributed by atoms with E-state index in [0.717, 1.165) is 12.8 Å². The van der Waals surface area contributed by atoms with Crippen molar-refractivity contribution in [3.8, 4) is 0 Å². The van der Waals surface area contributed by atoms with Crippen LogP contribution in [-0.2, 0) is 14.6 Å². The highest BCUT2D eigenvalue weighted by Gasteiger charge is 2.50. The van der Waals surface area contributed by atoms with Crippen LogP contribution in [0.3, 0.4) is 0 Å². The molecule has 5 nitrogen and oxygen atoms in total. The first-order valence-electron chi connectivity index (χ1n) is 8.30. The van der Waals surface area contributed by atoms with Crippen molar-refractivity contribution in [2.24, 2.45) is 0 Å². The van der Waals surface area contributed by atoms with Crippen LogP contribution in [0.5, 0.6) is 0 Å². The molecule has 24 heavy (non-hydrogen) atoms. The Morgan fingerprint density at radius 1 is 1.17 bits per heavy atom. The van der Waals surface area contributed by atoms with Crippen LogP contribution in [0.1, 0.15) is 25.7 Å². The minimum absolute atomic E-state index is 0.0165. The predicted molar refractivity (Wildman–Crippen MR) is 97.0 cm³/mol. The van der Waals surface area contributed by atoms with E-state index in [1.165, 1.54) is 11.2 Å². The average molecular weight is 369 g/mol. The smallest absolute Gasteiger partial charge is 0.241 e. The first-order chi connectivity index (χ1) is 11.4. The number of carbonyl (C=O) groups is 1. The van der Waals surface area contributed by atoms with Crippen LogP contribution >= 0.6 is 11.8 Å². The van der Waals surface area contributed by atoms with Gasteiger partial charge >= 0.3 is 0 Å². The molecule has 1 heterocycles. The van der Waals surface area contributed by atoms with E-state index in [1.54, 1.807) is 11.8 Å². The Hall–Kier alpha value is -1.05. The second kappa shape index (κ2) is 6.69. The Labute approximate surface area is 147 Å². The molecule has 2 aliphatic rings. The van der Waals surface area contributed by atoms with Crippen molar-refractivity contribution in [3.05, 3.63) is 30.3 Å². The lowest BCUT2D eigenvalue weighted by molar-refractivity contribution is -0.124. The molecule has 2 fully saturated rings.